The number of methoxy groups -OCH3 is 1. The van der Waals surface area contributed by atoms with Crippen LogP contribution in [0.25, 0.3) is 10.8 Å². The monoisotopic (exact) mass is 377 g/mol. The van der Waals surface area contributed by atoms with Gasteiger partial charge in [0.25, 0.3) is 0 Å². The number of rotatable bonds is 5. The molecular weight excluding hydrogens is 365 g/mol. The molecule has 0 saturated carbocycles. The van der Waals surface area contributed by atoms with Gasteiger partial charge in [-0.15, -0.1) is 0 Å². The first-order valence-electron chi connectivity index (χ1n) is 7.27. The molecule has 26 heavy (non-hydrogen) atoms. The van der Waals surface area contributed by atoms with Crippen molar-refractivity contribution in [2.24, 2.45) is 0 Å². The van der Waals surface area contributed by atoms with E-state index in [2.05, 4.69) is 0 Å². The SMILES string of the molecule is COc1ccc(S(=O)(=O)Oc2cc(F)ccc2[N+](=O)[O-])c2ccccc12. The van der Waals surface area contributed by atoms with Crippen LogP contribution in [-0.4, -0.2) is 20.5 Å². The fourth-order valence-corrected chi connectivity index (χ4v) is 3.65. The van der Waals surface area contributed by atoms with Gasteiger partial charge in [-0.3, -0.25) is 10.1 Å². The molecule has 0 aliphatic rings. The van der Waals surface area contributed by atoms with E-state index in [-0.39, 0.29) is 4.90 Å². The maximum Gasteiger partial charge on any atom is 0.340 e. The minimum absolute atomic E-state index is 0.215. The first-order valence-corrected chi connectivity index (χ1v) is 8.68. The Morgan fingerprint density at radius 2 is 1.69 bits per heavy atom. The lowest BCUT2D eigenvalue weighted by molar-refractivity contribution is -0.385. The summed E-state index contributed by atoms with van der Waals surface area (Å²) in [6, 6.07) is 11.6. The molecule has 0 atom stereocenters. The van der Waals surface area contributed by atoms with Gasteiger partial charge >= 0.3 is 15.8 Å². The lowest BCUT2D eigenvalue weighted by atomic mass is 10.1. The van der Waals surface area contributed by atoms with Gasteiger partial charge in [-0.2, -0.15) is 8.42 Å². The van der Waals surface area contributed by atoms with E-state index in [0.29, 0.717) is 22.6 Å². The van der Waals surface area contributed by atoms with E-state index in [1.165, 1.54) is 19.2 Å². The van der Waals surface area contributed by atoms with Crippen molar-refractivity contribution in [1.82, 2.24) is 0 Å². The Hall–Kier alpha value is -3.20. The second-order valence-electron chi connectivity index (χ2n) is 5.22. The van der Waals surface area contributed by atoms with Crippen LogP contribution in [0.15, 0.2) is 59.5 Å². The summed E-state index contributed by atoms with van der Waals surface area (Å²) in [5.74, 6) is -1.11. The molecule has 0 heterocycles. The van der Waals surface area contributed by atoms with Gasteiger partial charge in [0.05, 0.1) is 12.0 Å². The first-order chi connectivity index (χ1) is 12.3. The highest BCUT2D eigenvalue weighted by atomic mass is 32.2. The maximum absolute atomic E-state index is 13.4. The van der Waals surface area contributed by atoms with Gasteiger partial charge in [-0.05, 0) is 18.2 Å². The molecule has 0 N–H and O–H groups in total. The molecule has 0 radical (unpaired) electrons. The van der Waals surface area contributed by atoms with Gasteiger partial charge in [0.15, 0.2) is 0 Å². The number of halogens is 1. The van der Waals surface area contributed by atoms with Gasteiger partial charge < -0.3 is 8.92 Å². The van der Waals surface area contributed by atoms with Gasteiger partial charge in [-0.1, -0.05) is 24.3 Å². The molecule has 3 aromatic carbocycles. The fourth-order valence-electron chi connectivity index (χ4n) is 2.51. The zero-order valence-corrected chi connectivity index (χ0v) is 14.2. The normalized spacial score (nSPS) is 11.3. The van der Waals surface area contributed by atoms with Crippen LogP contribution in [-0.2, 0) is 10.1 Å². The molecule has 0 unspecified atom stereocenters. The van der Waals surface area contributed by atoms with Crippen molar-refractivity contribution >= 4 is 26.6 Å². The Kier molecular flexibility index (Phi) is 4.47. The van der Waals surface area contributed by atoms with E-state index >= 15 is 0 Å². The molecule has 3 aromatic rings. The van der Waals surface area contributed by atoms with Crippen molar-refractivity contribution < 1.29 is 26.7 Å². The van der Waals surface area contributed by atoms with Crippen LogP contribution in [0.2, 0.25) is 0 Å². The Morgan fingerprint density at radius 1 is 1.00 bits per heavy atom. The van der Waals surface area contributed by atoms with Gasteiger partial charge in [-0.25, -0.2) is 4.39 Å². The molecule has 0 aromatic heterocycles. The van der Waals surface area contributed by atoms with E-state index < -0.39 is 32.3 Å². The van der Waals surface area contributed by atoms with Crippen LogP contribution >= 0.6 is 0 Å². The molecule has 0 saturated heterocycles. The molecule has 134 valence electrons. The lowest BCUT2D eigenvalue weighted by Gasteiger charge is -2.12. The number of ether oxygens (including phenoxy) is 1. The van der Waals surface area contributed by atoms with Gasteiger partial charge in [0.1, 0.15) is 16.5 Å². The Balaban J connectivity index is 2.15. The zero-order chi connectivity index (χ0) is 18.9. The average Bonchev–Trinajstić information content (AvgIpc) is 2.60. The minimum Gasteiger partial charge on any atom is -0.496 e. The van der Waals surface area contributed by atoms with Crippen molar-refractivity contribution in [3.63, 3.8) is 0 Å². The number of nitro groups is 1. The third-order valence-electron chi connectivity index (χ3n) is 3.65. The highest BCUT2D eigenvalue weighted by molar-refractivity contribution is 7.87. The third kappa shape index (κ3) is 3.16. The van der Waals surface area contributed by atoms with Crippen LogP contribution in [0, 0.1) is 15.9 Å². The van der Waals surface area contributed by atoms with Crippen molar-refractivity contribution in [1.29, 1.82) is 0 Å². The van der Waals surface area contributed by atoms with Crippen molar-refractivity contribution in [2.75, 3.05) is 7.11 Å². The molecule has 0 fully saturated rings. The van der Waals surface area contributed by atoms with Crippen LogP contribution in [0.5, 0.6) is 11.5 Å². The lowest BCUT2D eigenvalue weighted by Crippen LogP contribution is -2.12. The van der Waals surface area contributed by atoms with E-state index in [4.69, 9.17) is 8.92 Å². The third-order valence-corrected chi connectivity index (χ3v) is 4.95. The largest absolute Gasteiger partial charge is 0.496 e. The van der Waals surface area contributed by atoms with Gasteiger partial charge in [0, 0.05) is 22.9 Å². The van der Waals surface area contributed by atoms with E-state index in [1.54, 1.807) is 24.3 Å². The fraction of sp³-hybridized carbons (Fsp3) is 0.0588. The van der Waals surface area contributed by atoms with Crippen LogP contribution in [0.3, 0.4) is 0 Å². The molecule has 0 aliphatic heterocycles. The number of hydrogen-bond acceptors (Lipinski definition) is 6. The summed E-state index contributed by atoms with van der Waals surface area (Å²) in [4.78, 5) is 9.98. The maximum atomic E-state index is 13.4. The number of nitro benzene ring substituents is 1. The van der Waals surface area contributed by atoms with E-state index in [1.807, 2.05) is 0 Å². The van der Waals surface area contributed by atoms with E-state index in [9.17, 15) is 22.9 Å². The first kappa shape index (κ1) is 17.6. The molecule has 0 amide bonds. The quantitative estimate of drug-likeness (QED) is 0.382. The molecule has 0 aliphatic carbocycles. The Morgan fingerprint density at radius 3 is 2.35 bits per heavy atom. The Labute approximate surface area is 147 Å². The number of hydrogen-bond donors (Lipinski definition) is 0. The number of fused-ring (bicyclic) bond motifs is 1. The molecule has 7 nitrogen and oxygen atoms in total. The van der Waals surface area contributed by atoms with Crippen LogP contribution < -0.4 is 8.92 Å². The Bertz CT molecular complexity index is 1110. The van der Waals surface area contributed by atoms with Gasteiger partial charge in [0.2, 0.25) is 5.75 Å². The molecular formula is C17H12FNO6S. The smallest absolute Gasteiger partial charge is 0.340 e. The van der Waals surface area contributed by atoms with Crippen molar-refractivity contribution in [3.05, 3.63) is 70.5 Å². The summed E-state index contributed by atoms with van der Waals surface area (Å²) in [5.41, 5.74) is -0.659. The standard InChI is InChI=1S/C17H12FNO6S/c1-24-15-8-9-17(13-5-3-2-4-12(13)15)26(22,23)25-16-10-11(18)6-7-14(16)19(20)21/h2-10H,1H3. The second-order valence-corrected chi connectivity index (χ2v) is 6.73. The highest BCUT2D eigenvalue weighted by Crippen LogP contribution is 2.34. The zero-order valence-electron chi connectivity index (χ0n) is 13.4. The summed E-state index contributed by atoms with van der Waals surface area (Å²) in [5, 5.41) is 11.9. The molecule has 9 heteroatoms. The molecule has 0 bridgehead atoms. The molecule has 0 spiro atoms. The minimum atomic E-state index is -4.46. The summed E-state index contributed by atoms with van der Waals surface area (Å²) in [6.45, 7) is 0. The average molecular weight is 377 g/mol. The summed E-state index contributed by atoms with van der Waals surface area (Å²) in [7, 11) is -3.02. The van der Waals surface area contributed by atoms with Crippen LogP contribution in [0.4, 0.5) is 10.1 Å². The highest BCUT2D eigenvalue weighted by Gasteiger charge is 2.26. The predicted molar refractivity (Wildman–Crippen MR) is 91.4 cm³/mol. The molecule has 3 rings (SSSR count). The second kappa shape index (κ2) is 6.60. The number of benzene rings is 3. The summed E-state index contributed by atoms with van der Waals surface area (Å²) in [6.07, 6.45) is 0. The number of nitrogens with zero attached hydrogens (tertiary/aromatic N) is 1. The van der Waals surface area contributed by atoms with Crippen molar-refractivity contribution in [2.45, 2.75) is 4.90 Å². The predicted octanol–water partition coefficient (Wildman–Crippen LogP) is 3.66. The summed E-state index contributed by atoms with van der Waals surface area (Å²) >= 11 is 0. The van der Waals surface area contributed by atoms with Crippen molar-refractivity contribution in [3.8, 4) is 11.5 Å². The van der Waals surface area contributed by atoms with E-state index in [0.717, 1.165) is 12.1 Å². The topological polar surface area (TPSA) is 95.7 Å². The summed E-state index contributed by atoms with van der Waals surface area (Å²) < 4.78 is 48.9. The van der Waals surface area contributed by atoms with Crippen LogP contribution in [0.1, 0.15) is 0 Å².